The predicted octanol–water partition coefficient (Wildman–Crippen LogP) is 3.16. The van der Waals surface area contributed by atoms with Crippen molar-refractivity contribution >= 4 is 11.3 Å². The SMILES string of the molecule is Cc1nc(-c2csc3c2CCCC3)n(C2CCOC2)n1. The standard InChI is InChI=1S/C15H19N3OS/c1-10-16-15(18(17-10)11-6-7-19-8-11)13-9-20-14-5-3-2-4-12(13)14/h9,11H,2-8H2,1H3. The molecule has 0 bridgehead atoms. The summed E-state index contributed by atoms with van der Waals surface area (Å²) in [4.78, 5) is 6.27. The second-order valence-electron chi connectivity index (χ2n) is 5.70. The zero-order valence-corrected chi connectivity index (χ0v) is 12.6. The quantitative estimate of drug-likeness (QED) is 0.852. The Hall–Kier alpha value is -1.20. The summed E-state index contributed by atoms with van der Waals surface area (Å²) in [6.07, 6.45) is 6.11. The molecule has 2 aromatic heterocycles. The molecule has 4 rings (SSSR count). The maximum atomic E-state index is 5.52. The zero-order chi connectivity index (χ0) is 13.5. The van der Waals surface area contributed by atoms with E-state index in [2.05, 4.69) is 15.2 Å². The van der Waals surface area contributed by atoms with E-state index in [-0.39, 0.29) is 0 Å². The Morgan fingerprint density at radius 2 is 2.25 bits per heavy atom. The Labute approximate surface area is 122 Å². The van der Waals surface area contributed by atoms with Gasteiger partial charge in [0, 0.05) is 22.4 Å². The number of ether oxygens (including phenoxy) is 1. The van der Waals surface area contributed by atoms with Gasteiger partial charge in [0.1, 0.15) is 5.82 Å². The van der Waals surface area contributed by atoms with Crippen LogP contribution in [0.15, 0.2) is 5.38 Å². The average Bonchev–Trinajstić information content (AvgIpc) is 3.16. The number of nitrogens with zero attached hydrogens (tertiary/aromatic N) is 3. The van der Waals surface area contributed by atoms with Gasteiger partial charge in [0.25, 0.3) is 0 Å². The molecule has 1 fully saturated rings. The van der Waals surface area contributed by atoms with Crippen LogP contribution in [0.2, 0.25) is 0 Å². The summed E-state index contributed by atoms with van der Waals surface area (Å²) >= 11 is 1.89. The highest BCUT2D eigenvalue weighted by atomic mass is 32.1. The summed E-state index contributed by atoms with van der Waals surface area (Å²) in [6.45, 7) is 3.58. The minimum absolute atomic E-state index is 0.352. The molecule has 1 unspecified atom stereocenters. The minimum Gasteiger partial charge on any atom is -0.379 e. The van der Waals surface area contributed by atoms with Crippen LogP contribution in [0.1, 0.15) is 41.6 Å². The van der Waals surface area contributed by atoms with Gasteiger partial charge in [-0.15, -0.1) is 11.3 Å². The number of rotatable bonds is 2. The Morgan fingerprint density at radius 3 is 3.10 bits per heavy atom. The summed E-state index contributed by atoms with van der Waals surface area (Å²) in [5, 5.41) is 6.91. The lowest BCUT2D eigenvalue weighted by atomic mass is 9.95. The van der Waals surface area contributed by atoms with Crippen molar-refractivity contribution in [2.45, 2.75) is 45.1 Å². The summed E-state index contributed by atoms with van der Waals surface area (Å²) in [5.41, 5.74) is 2.84. The number of aromatic nitrogens is 3. The Morgan fingerprint density at radius 1 is 1.35 bits per heavy atom. The first kappa shape index (κ1) is 12.5. The molecule has 5 heteroatoms. The first-order valence-electron chi connectivity index (χ1n) is 7.43. The van der Waals surface area contributed by atoms with Crippen molar-refractivity contribution in [1.82, 2.24) is 14.8 Å². The fourth-order valence-corrected chi connectivity index (χ4v) is 4.39. The van der Waals surface area contributed by atoms with Crippen LogP contribution in [0.5, 0.6) is 0 Å². The van der Waals surface area contributed by atoms with Crippen molar-refractivity contribution in [1.29, 1.82) is 0 Å². The maximum Gasteiger partial charge on any atom is 0.159 e. The normalized spacial score (nSPS) is 22.1. The molecule has 1 atom stereocenters. The molecule has 2 aliphatic rings. The van der Waals surface area contributed by atoms with Crippen LogP contribution in [0.4, 0.5) is 0 Å². The van der Waals surface area contributed by atoms with Crippen molar-refractivity contribution in [3.05, 3.63) is 21.6 Å². The van der Waals surface area contributed by atoms with Gasteiger partial charge in [-0.2, -0.15) is 5.10 Å². The molecular weight excluding hydrogens is 270 g/mol. The highest BCUT2D eigenvalue weighted by Gasteiger charge is 2.26. The third kappa shape index (κ3) is 2.00. The average molecular weight is 289 g/mol. The van der Waals surface area contributed by atoms with Crippen LogP contribution in [0.25, 0.3) is 11.4 Å². The van der Waals surface area contributed by atoms with E-state index in [0.29, 0.717) is 6.04 Å². The molecule has 0 spiro atoms. The van der Waals surface area contributed by atoms with Crippen LogP contribution in [0, 0.1) is 6.92 Å². The lowest BCUT2D eigenvalue weighted by Gasteiger charge is -2.15. The summed E-state index contributed by atoms with van der Waals surface area (Å²) in [7, 11) is 0. The second-order valence-corrected chi connectivity index (χ2v) is 6.67. The van der Waals surface area contributed by atoms with Gasteiger partial charge in [-0.1, -0.05) is 0 Å². The van der Waals surface area contributed by atoms with Gasteiger partial charge >= 0.3 is 0 Å². The first-order chi connectivity index (χ1) is 9.83. The van der Waals surface area contributed by atoms with Crippen molar-refractivity contribution in [2.24, 2.45) is 0 Å². The molecule has 0 aromatic carbocycles. The third-order valence-corrected chi connectivity index (χ3v) is 5.38. The van der Waals surface area contributed by atoms with Crippen LogP contribution < -0.4 is 0 Å². The lowest BCUT2D eigenvalue weighted by molar-refractivity contribution is 0.184. The van der Waals surface area contributed by atoms with Gasteiger partial charge in [-0.3, -0.25) is 0 Å². The Balaban J connectivity index is 1.80. The fraction of sp³-hybridized carbons (Fsp3) is 0.600. The summed E-state index contributed by atoms with van der Waals surface area (Å²) in [5.74, 6) is 1.92. The van der Waals surface area contributed by atoms with Crippen LogP contribution >= 0.6 is 11.3 Å². The van der Waals surface area contributed by atoms with Crippen molar-refractivity contribution < 1.29 is 4.74 Å². The smallest absolute Gasteiger partial charge is 0.159 e. The largest absolute Gasteiger partial charge is 0.379 e. The topological polar surface area (TPSA) is 39.9 Å². The monoisotopic (exact) mass is 289 g/mol. The molecule has 0 amide bonds. The van der Waals surface area contributed by atoms with Gasteiger partial charge < -0.3 is 4.74 Å². The van der Waals surface area contributed by atoms with Crippen molar-refractivity contribution in [3.8, 4) is 11.4 Å². The number of thiophene rings is 1. The molecule has 3 heterocycles. The van der Waals surface area contributed by atoms with Crippen LogP contribution in [-0.4, -0.2) is 28.0 Å². The maximum absolute atomic E-state index is 5.52. The molecule has 0 radical (unpaired) electrons. The molecule has 1 aliphatic heterocycles. The number of hydrogen-bond acceptors (Lipinski definition) is 4. The molecule has 1 aliphatic carbocycles. The molecule has 4 nitrogen and oxygen atoms in total. The fourth-order valence-electron chi connectivity index (χ4n) is 3.26. The molecule has 106 valence electrons. The van der Waals surface area contributed by atoms with Crippen LogP contribution in [-0.2, 0) is 17.6 Å². The first-order valence-corrected chi connectivity index (χ1v) is 8.31. The number of hydrogen-bond donors (Lipinski definition) is 0. The van der Waals surface area contributed by atoms with Gasteiger partial charge in [0.05, 0.1) is 12.6 Å². The lowest BCUT2D eigenvalue weighted by Crippen LogP contribution is -2.12. The summed E-state index contributed by atoms with van der Waals surface area (Å²) < 4.78 is 7.63. The number of fused-ring (bicyclic) bond motifs is 1. The Bertz CT molecular complexity index is 625. The minimum atomic E-state index is 0.352. The van der Waals surface area contributed by atoms with Gasteiger partial charge in [-0.05, 0) is 44.6 Å². The van der Waals surface area contributed by atoms with Gasteiger partial charge in [0.15, 0.2) is 5.82 Å². The number of aryl methyl sites for hydroxylation is 2. The van der Waals surface area contributed by atoms with E-state index in [1.54, 1.807) is 4.88 Å². The summed E-state index contributed by atoms with van der Waals surface area (Å²) in [6, 6.07) is 0.352. The van der Waals surface area contributed by atoms with Crippen molar-refractivity contribution in [2.75, 3.05) is 13.2 Å². The van der Waals surface area contributed by atoms with E-state index >= 15 is 0 Å². The van der Waals surface area contributed by atoms with E-state index in [4.69, 9.17) is 9.72 Å². The molecule has 0 saturated carbocycles. The van der Waals surface area contributed by atoms with Crippen molar-refractivity contribution in [3.63, 3.8) is 0 Å². The molecule has 0 N–H and O–H groups in total. The zero-order valence-electron chi connectivity index (χ0n) is 11.8. The van der Waals surface area contributed by atoms with Crippen LogP contribution in [0.3, 0.4) is 0 Å². The molecule has 2 aromatic rings. The van der Waals surface area contributed by atoms with E-state index in [1.807, 2.05) is 18.3 Å². The Kier molecular flexibility index (Phi) is 3.11. The predicted molar refractivity (Wildman–Crippen MR) is 79.2 cm³/mol. The molecule has 1 saturated heterocycles. The molecular formula is C15H19N3OS. The highest BCUT2D eigenvalue weighted by molar-refractivity contribution is 7.10. The second kappa shape index (κ2) is 4.97. The van der Waals surface area contributed by atoms with E-state index in [9.17, 15) is 0 Å². The van der Waals surface area contributed by atoms with E-state index in [0.717, 1.165) is 31.3 Å². The highest BCUT2D eigenvalue weighted by Crippen LogP contribution is 2.37. The van der Waals surface area contributed by atoms with E-state index < -0.39 is 0 Å². The molecule has 20 heavy (non-hydrogen) atoms. The third-order valence-electron chi connectivity index (χ3n) is 4.29. The van der Waals surface area contributed by atoms with Gasteiger partial charge in [-0.25, -0.2) is 9.67 Å². The van der Waals surface area contributed by atoms with E-state index in [1.165, 1.54) is 36.8 Å². The van der Waals surface area contributed by atoms with Gasteiger partial charge in [0.2, 0.25) is 0 Å².